The van der Waals surface area contributed by atoms with Gasteiger partial charge in [-0.25, -0.2) is 0 Å². The molecule has 0 aliphatic carbocycles. The highest BCUT2D eigenvalue weighted by atomic mass is 31.2. The van der Waals surface area contributed by atoms with Gasteiger partial charge < -0.3 is 28.4 Å². The van der Waals surface area contributed by atoms with Crippen molar-refractivity contribution in [2.24, 2.45) is 0 Å². The molecule has 0 spiro atoms. The van der Waals surface area contributed by atoms with E-state index in [4.69, 9.17) is 0 Å². The normalized spacial score (nSPS) is 19.1. The summed E-state index contributed by atoms with van der Waals surface area (Å²) >= 11 is 0. The zero-order valence-electron chi connectivity index (χ0n) is 75.2. The molecule has 6 aliphatic heterocycles. The van der Waals surface area contributed by atoms with Crippen molar-refractivity contribution in [3.63, 3.8) is 0 Å². The third-order valence-electron chi connectivity index (χ3n) is 29.2. The Bertz CT molecular complexity index is 7400. The van der Waals surface area contributed by atoms with Crippen LogP contribution in [0.5, 0.6) is 0 Å². The van der Waals surface area contributed by atoms with Crippen LogP contribution in [0.4, 0.5) is 51.2 Å². The van der Waals surface area contributed by atoms with Crippen LogP contribution in [0.2, 0.25) is 39.3 Å². The number of benzene rings is 17. The van der Waals surface area contributed by atoms with E-state index in [1.807, 2.05) is 103 Å². The highest BCUT2D eigenvalue weighted by molar-refractivity contribution is 7.88. The quantitative estimate of drug-likeness (QED) is 0.112. The molecule has 3 unspecified atom stereocenters. The van der Waals surface area contributed by atoms with Gasteiger partial charge in [0.15, 0.2) is 21.4 Å². The van der Waals surface area contributed by atoms with E-state index in [2.05, 4.69) is 405 Å². The predicted octanol–water partition coefficient (Wildman–Crippen LogP) is 23.0. The Labute approximate surface area is 763 Å². The van der Waals surface area contributed by atoms with Crippen molar-refractivity contribution < 1.29 is 13.7 Å². The first kappa shape index (κ1) is 83.4. The first-order chi connectivity index (χ1) is 62.2. The summed E-state index contributed by atoms with van der Waals surface area (Å²) in [7, 11) is -15.5. The van der Waals surface area contributed by atoms with E-state index in [1.54, 1.807) is 0 Å². The van der Waals surface area contributed by atoms with E-state index in [-0.39, 0.29) is 16.2 Å². The minimum absolute atomic E-state index is 0.0881. The molecular formula is C117H104N3O3P3Si3. The summed E-state index contributed by atoms with van der Waals surface area (Å²) in [5.74, 6) is 0. The average Bonchev–Trinajstić information content (AvgIpc) is 0.704. The first-order valence-electron chi connectivity index (χ1n) is 45.1. The van der Waals surface area contributed by atoms with Crippen LogP contribution in [0.25, 0.3) is 22.3 Å². The molecule has 6 aliphatic rings. The molecule has 6 nitrogen and oxygen atoms in total. The fourth-order valence-corrected chi connectivity index (χ4v) is 46.9. The fourth-order valence-electron chi connectivity index (χ4n) is 22.3. The topological polar surface area (TPSA) is 60.9 Å². The molecule has 12 heteroatoms. The number of anilines is 9. The molecule has 0 aromatic heterocycles. The highest BCUT2D eigenvalue weighted by Gasteiger charge is 2.51. The van der Waals surface area contributed by atoms with E-state index in [0.717, 1.165) is 87.1 Å². The molecule has 3 atom stereocenters. The molecule has 0 amide bonds. The van der Waals surface area contributed by atoms with Gasteiger partial charge >= 0.3 is 0 Å². The Morgan fingerprint density at radius 2 is 0.426 bits per heavy atom. The van der Waals surface area contributed by atoms with Crippen LogP contribution < -0.4 is 93.6 Å². The third kappa shape index (κ3) is 12.9. The van der Waals surface area contributed by atoms with Gasteiger partial charge in [0.1, 0.15) is 24.2 Å². The number of hydrogen-bond acceptors (Lipinski definition) is 6. The molecule has 0 saturated carbocycles. The maximum Gasteiger partial charge on any atom is 0.170 e. The van der Waals surface area contributed by atoms with Crippen LogP contribution in [0.1, 0.15) is 74.9 Å². The van der Waals surface area contributed by atoms with Gasteiger partial charge in [-0.3, -0.25) is 0 Å². The molecule has 23 rings (SSSR count). The third-order valence-corrected chi connectivity index (χ3v) is 50.6. The largest absolute Gasteiger partial charge is 0.310 e. The zero-order valence-corrected chi connectivity index (χ0v) is 80.9. The van der Waals surface area contributed by atoms with Gasteiger partial charge in [-0.2, -0.15) is 0 Å². The molecule has 6 heterocycles. The molecule has 17 aromatic carbocycles. The Balaban J connectivity index is 0.000000118. The maximum absolute atomic E-state index is 15.6. The molecule has 129 heavy (non-hydrogen) atoms. The molecule has 0 bridgehead atoms. The Morgan fingerprint density at radius 3 is 0.791 bits per heavy atom. The zero-order chi connectivity index (χ0) is 88.9. The lowest BCUT2D eigenvalue weighted by molar-refractivity contribution is 0.591. The molecule has 0 saturated heterocycles. The van der Waals surface area contributed by atoms with Crippen LogP contribution in [0.15, 0.2) is 413 Å². The van der Waals surface area contributed by atoms with Crippen molar-refractivity contribution in [3.8, 4) is 22.3 Å². The second kappa shape index (κ2) is 31.1. The van der Waals surface area contributed by atoms with Gasteiger partial charge in [0.25, 0.3) is 0 Å². The minimum Gasteiger partial charge on any atom is -0.310 e. The van der Waals surface area contributed by atoms with Crippen LogP contribution >= 0.6 is 21.4 Å². The van der Waals surface area contributed by atoms with E-state index < -0.39 is 45.6 Å². The lowest BCUT2D eigenvalue weighted by Crippen LogP contribution is -2.67. The van der Waals surface area contributed by atoms with Crippen LogP contribution in [-0.2, 0) is 29.9 Å². The standard InChI is InChI=1S/2C41H36NOPSi.C35H32NOPSi/c1-41(2)33-19-11-12-20-35(33)42(31-15-7-5-8-16-31)36-25-23-29(27-34(36)41)30-24-26-40-38(28-30)44(43,32-17-9-6-10-18-32)37-21-13-14-22-39(37)45(40,3)4;1-41(2)33-16-8-10-18-35(33)42(36-19-11-9-17-34(36)41)31-25-22-29(23-26-31)30-24-27-40-38(28-30)44(43,32-14-6-5-7-15-32)37-20-12-13-21-39(37)45(40,3)4;1-35(2)27-16-8-10-18-29(27)36(30-19-11-9-17-28(30)35)25-22-23-34-32(24-25)38(37,26-14-6-5-7-15-26)31-20-12-13-21-33(31)39(34,3)4/h2*5-28H,1-4H3;5-24H,1-4H3. The number of nitrogens with zero attached hydrogens (tertiary/aromatic N) is 3. The van der Waals surface area contributed by atoms with Crippen molar-refractivity contribution in [2.75, 3.05) is 14.7 Å². The van der Waals surface area contributed by atoms with Gasteiger partial charge in [0, 0.05) is 81.0 Å². The second-order valence-electron chi connectivity index (χ2n) is 38.5. The van der Waals surface area contributed by atoms with Gasteiger partial charge in [-0.1, -0.05) is 402 Å². The van der Waals surface area contributed by atoms with E-state index in [9.17, 15) is 0 Å². The smallest absolute Gasteiger partial charge is 0.170 e. The molecule has 17 aromatic rings. The Hall–Kier alpha value is -12.5. The second-order valence-corrected chi connectivity index (χ2v) is 59.6. The van der Waals surface area contributed by atoms with E-state index in [1.165, 1.54) is 98.6 Å². The van der Waals surface area contributed by atoms with Crippen molar-refractivity contribution in [1.82, 2.24) is 0 Å². The highest BCUT2D eigenvalue weighted by Crippen LogP contribution is 2.58. The van der Waals surface area contributed by atoms with Crippen LogP contribution in [-0.4, -0.2) is 24.2 Å². The van der Waals surface area contributed by atoms with Crippen molar-refractivity contribution in [2.45, 2.75) is 97.1 Å². The molecule has 0 N–H and O–H groups in total. The van der Waals surface area contributed by atoms with Crippen molar-refractivity contribution >= 4 is 176 Å². The average molecular weight is 1780 g/mol. The molecule has 0 fully saturated rings. The SMILES string of the molecule is CC1(C)c2ccccc2N(c2ccc(-c3ccc4c(c3)P(=O)(c3ccccc3)c3ccccc3[Si]4(C)C)cc2)c2ccccc21.CC1(C)c2ccccc2N(c2ccc3c(c2)P(=O)(c2ccccc2)c2ccccc2[Si]3(C)C)c2ccccc21.CC1(C)c2ccccc2N(c2ccccc2)c2ccc(-c3ccc4c(c3)P(=O)(c3ccccc3)c3ccccc3[Si]4(C)C)cc21. The summed E-state index contributed by atoms with van der Waals surface area (Å²) in [5.41, 5.74) is 22.5. The number of para-hydroxylation sites is 6. The maximum atomic E-state index is 15.6. The van der Waals surface area contributed by atoms with Gasteiger partial charge in [0.05, 0.1) is 34.1 Å². The van der Waals surface area contributed by atoms with Gasteiger partial charge in [-0.15, -0.1) is 0 Å². The number of rotatable bonds is 8. The minimum atomic E-state index is -3.09. The van der Waals surface area contributed by atoms with Gasteiger partial charge in [-0.05, 0) is 178 Å². The van der Waals surface area contributed by atoms with Crippen LogP contribution in [0, 0.1) is 0 Å². The van der Waals surface area contributed by atoms with Gasteiger partial charge in [0.2, 0.25) is 0 Å². The Morgan fingerprint density at radius 1 is 0.194 bits per heavy atom. The first-order valence-corrected chi connectivity index (χ1v) is 59.2. The summed E-state index contributed by atoms with van der Waals surface area (Å²) < 4.78 is 46.8. The van der Waals surface area contributed by atoms with E-state index in [0.29, 0.717) is 0 Å². The molecule has 632 valence electrons. The summed E-state index contributed by atoms with van der Waals surface area (Å²) in [6.45, 7) is 28.3. The summed E-state index contributed by atoms with van der Waals surface area (Å²) in [4.78, 5) is 7.16. The van der Waals surface area contributed by atoms with Crippen molar-refractivity contribution in [3.05, 3.63) is 446 Å². The lowest BCUT2D eigenvalue weighted by atomic mass is 9.73. The predicted molar refractivity (Wildman–Crippen MR) is 559 cm³/mol. The fraction of sp³-hybridized carbons (Fsp3) is 0.128. The lowest BCUT2D eigenvalue weighted by Gasteiger charge is -2.43. The monoisotopic (exact) mass is 1780 g/mol. The molecular weight excluding hydrogens is 1670 g/mol. The summed E-state index contributed by atoms with van der Waals surface area (Å²) in [6.07, 6.45) is 0. The van der Waals surface area contributed by atoms with Crippen molar-refractivity contribution in [1.29, 1.82) is 0 Å². The number of fused-ring (bicyclic) bond motifs is 12. The molecule has 0 radical (unpaired) electrons. The number of hydrogen-bond donors (Lipinski definition) is 0. The summed E-state index contributed by atoms with van der Waals surface area (Å²) in [5, 5.41) is 16.4. The Kier molecular flexibility index (Phi) is 20.1. The van der Waals surface area contributed by atoms with Crippen LogP contribution in [0.3, 0.4) is 0 Å². The summed E-state index contributed by atoms with van der Waals surface area (Å²) in [6, 6.07) is 146. The van der Waals surface area contributed by atoms with E-state index >= 15 is 13.7 Å².